The number of halogens is 2. The van der Waals surface area contributed by atoms with Crippen molar-refractivity contribution in [3.05, 3.63) is 54.0 Å². The van der Waals surface area contributed by atoms with E-state index in [1.807, 2.05) is 25.1 Å². The number of methoxy groups -OCH3 is 1. The van der Waals surface area contributed by atoms with Crippen LogP contribution in [0.15, 0.2) is 41.3 Å². The summed E-state index contributed by atoms with van der Waals surface area (Å²) in [4.78, 5) is 38.6. The molecular formula is C21H18I2N2O5S. The number of carbonyl (C=O) groups is 3. The van der Waals surface area contributed by atoms with Gasteiger partial charge in [-0.1, -0.05) is 0 Å². The molecule has 162 valence electrons. The molecule has 0 saturated carbocycles. The molecule has 0 spiro atoms. The Morgan fingerprint density at radius 2 is 1.90 bits per heavy atom. The minimum Gasteiger partial charge on any atom is -0.492 e. The van der Waals surface area contributed by atoms with Gasteiger partial charge >= 0.3 is 0 Å². The van der Waals surface area contributed by atoms with E-state index in [2.05, 4.69) is 50.5 Å². The number of imide groups is 1. The summed E-state index contributed by atoms with van der Waals surface area (Å²) in [6, 6.07) is 10.8. The Balaban J connectivity index is 1.75. The molecule has 1 N–H and O–H groups in total. The molecule has 0 atom stereocenters. The van der Waals surface area contributed by atoms with Crippen LogP contribution in [0.5, 0.6) is 11.5 Å². The van der Waals surface area contributed by atoms with Crippen LogP contribution in [0, 0.1) is 7.14 Å². The van der Waals surface area contributed by atoms with Gasteiger partial charge in [0.1, 0.15) is 6.54 Å². The highest BCUT2D eigenvalue weighted by atomic mass is 127. The molecule has 2 aromatic carbocycles. The SMILES string of the molecule is CCOc1cc(/C=C2/SC(=O)N(CC(=O)Nc3ccc(I)cc3)C2=O)cc(I)c1OC. The lowest BCUT2D eigenvalue weighted by Crippen LogP contribution is -2.36. The van der Waals surface area contributed by atoms with Gasteiger partial charge in [0, 0.05) is 9.26 Å². The third-order valence-corrected chi connectivity index (χ3v) is 6.56. The summed E-state index contributed by atoms with van der Waals surface area (Å²) in [5.41, 5.74) is 1.30. The minimum absolute atomic E-state index is 0.246. The van der Waals surface area contributed by atoms with Crippen molar-refractivity contribution in [2.24, 2.45) is 0 Å². The van der Waals surface area contributed by atoms with Crippen molar-refractivity contribution in [3.8, 4) is 11.5 Å². The molecule has 10 heteroatoms. The summed E-state index contributed by atoms with van der Waals surface area (Å²) < 4.78 is 12.8. The topological polar surface area (TPSA) is 84.9 Å². The van der Waals surface area contributed by atoms with Gasteiger partial charge in [0.25, 0.3) is 11.1 Å². The summed E-state index contributed by atoms with van der Waals surface area (Å²) in [7, 11) is 1.56. The first-order chi connectivity index (χ1) is 14.8. The molecule has 0 unspecified atom stereocenters. The molecule has 1 saturated heterocycles. The van der Waals surface area contributed by atoms with Crippen LogP contribution < -0.4 is 14.8 Å². The Kier molecular flexibility index (Phi) is 8.22. The van der Waals surface area contributed by atoms with Gasteiger partial charge in [0.15, 0.2) is 11.5 Å². The van der Waals surface area contributed by atoms with E-state index in [0.717, 1.165) is 23.8 Å². The molecule has 1 aliphatic rings. The highest BCUT2D eigenvalue weighted by Gasteiger charge is 2.36. The van der Waals surface area contributed by atoms with Crippen molar-refractivity contribution < 1.29 is 23.9 Å². The van der Waals surface area contributed by atoms with E-state index in [1.165, 1.54) is 0 Å². The molecule has 1 fully saturated rings. The Morgan fingerprint density at radius 1 is 1.19 bits per heavy atom. The van der Waals surface area contributed by atoms with E-state index < -0.39 is 17.1 Å². The van der Waals surface area contributed by atoms with Crippen LogP contribution in [0.1, 0.15) is 12.5 Å². The Morgan fingerprint density at radius 3 is 2.55 bits per heavy atom. The first-order valence-corrected chi connectivity index (χ1v) is 12.1. The smallest absolute Gasteiger partial charge is 0.294 e. The molecule has 3 amide bonds. The molecule has 3 rings (SSSR count). The number of hydrogen-bond donors (Lipinski definition) is 1. The zero-order valence-electron chi connectivity index (χ0n) is 16.6. The molecule has 1 heterocycles. The Labute approximate surface area is 211 Å². The molecule has 0 radical (unpaired) electrons. The van der Waals surface area contributed by atoms with E-state index in [9.17, 15) is 14.4 Å². The quantitative estimate of drug-likeness (QED) is 0.333. The molecule has 0 aromatic heterocycles. The number of rotatable bonds is 7. The second kappa shape index (κ2) is 10.7. The normalized spacial score (nSPS) is 14.8. The monoisotopic (exact) mass is 664 g/mol. The first kappa shape index (κ1) is 23.9. The first-order valence-electron chi connectivity index (χ1n) is 9.13. The van der Waals surface area contributed by atoms with Crippen molar-refractivity contribution in [2.45, 2.75) is 6.92 Å². The summed E-state index contributed by atoms with van der Waals surface area (Å²) in [5.74, 6) is 0.221. The predicted octanol–water partition coefficient (Wildman–Crippen LogP) is 4.98. The van der Waals surface area contributed by atoms with Gasteiger partial charge in [-0.05, 0) is 112 Å². The highest BCUT2D eigenvalue weighted by Crippen LogP contribution is 2.37. The van der Waals surface area contributed by atoms with Crippen molar-refractivity contribution in [2.75, 3.05) is 25.6 Å². The minimum atomic E-state index is -0.503. The van der Waals surface area contributed by atoms with Gasteiger partial charge in [0.05, 0.1) is 22.2 Å². The third-order valence-electron chi connectivity index (χ3n) is 4.14. The van der Waals surface area contributed by atoms with E-state index >= 15 is 0 Å². The molecule has 0 aliphatic carbocycles. The van der Waals surface area contributed by atoms with Crippen molar-refractivity contribution in [1.82, 2.24) is 4.90 Å². The van der Waals surface area contributed by atoms with Gasteiger partial charge in [0.2, 0.25) is 5.91 Å². The Bertz CT molecular complexity index is 1060. The van der Waals surface area contributed by atoms with Crippen LogP contribution in [-0.2, 0) is 9.59 Å². The van der Waals surface area contributed by atoms with E-state index in [-0.39, 0.29) is 11.4 Å². The molecular weight excluding hydrogens is 646 g/mol. The molecule has 31 heavy (non-hydrogen) atoms. The lowest BCUT2D eigenvalue weighted by atomic mass is 10.2. The number of nitrogens with zero attached hydrogens (tertiary/aromatic N) is 1. The maximum absolute atomic E-state index is 12.7. The van der Waals surface area contributed by atoms with Gasteiger partial charge in [-0.15, -0.1) is 0 Å². The average Bonchev–Trinajstić information content (AvgIpc) is 2.97. The van der Waals surface area contributed by atoms with E-state index in [0.29, 0.717) is 29.4 Å². The number of benzene rings is 2. The zero-order chi connectivity index (χ0) is 22.5. The van der Waals surface area contributed by atoms with Crippen LogP contribution in [0.4, 0.5) is 10.5 Å². The average molecular weight is 664 g/mol. The fourth-order valence-corrected chi connectivity index (χ4v) is 4.84. The lowest BCUT2D eigenvalue weighted by Gasteiger charge is -2.13. The number of thioether (sulfide) groups is 1. The maximum Gasteiger partial charge on any atom is 0.294 e. The number of hydrogen-bond acceptors (Lipinski definition) is 6. The van der Waals surface area contributed by atoms with Crippen molar-refractivity contribution in [3.63, 3.8) is 0 Å². The Hall–Kier alpha value is -1.80. The summed E-state index contributed by atoms with van der Waals surface area (Å²) >= 11 is 5.09. The van der Waals surface area contributed by atoms with E-state index in [1.54, 1.807) is 31.4 Å². The van der Waals surface area contributed by atoms with Crippen LogP contribution >= 0.6 is 56.9 Å². The fraction of sp³-hybridized carbons (Fsp3) is 0.190. The van der Waals surface area contributed by atoms with Gasteiger partial charge in [-0.2, -0.15) is 0 Å². The predicted molar refractivity (Wildman–Crippen MR) is 137 cm³/mol. The zero-order valence-corrected chi connectivity index (χ0v) is 21.7. The number of ether oxygens (including phenoxy) is 2. The summed E-state index contributed by atoms with van der Waals surface area (Å²) in [6.07, 6.45) is 1.62. The van der Waals surface area contributed by atoms with Crippen molar-refractivity contribution >= 4 is 85.8 Å². The third kappa shape index (κ3) is 5.92. The number of anilines is 1. The fourth-order valence-electron chi connectivity index (χ4n) is 2.80. The molecule has 1 aliphatic heterocycles. The second-order valence-electron chi connectivity index (χ2n) is 6.29. The van der Waals surface area contributed by atoms with Crippen LogP contribution in [0.25, 0.3) is 6.08 Å². The maximum atomic E-state index is 12.7. The highest BCUT2D eigenvalue weighted by molar-refractivity contribution is 14.1. The van der Waals surface area contributed by atoms with Crippen molar-refractivity contribution in [1.29, 1.82) is 0 Å². The van der Waals surface area contributed by atoms with Gasteiger partial charge < -0.3 is 14.8 Å². The summed E-state index contributed by atoms with van der Waals surface area (Å²) in [6.45, 7) is 1.98. The van der Waals surface area contributed by atoms with Gasteiger partial charge in [-0.25, -0.2) is 0 Å². The van der Waals surface area contributed by atoms with Crippen LogP contribution in [0.3, 0.4) is 0 Å². The second-order valence-corrected chi connectivity index (χ2v) is 9.69. The number of nitrogens with one attached hydrogen (secondary N) is 1. The number of carbonyl (C=O) groups excluding carboxylic acids is 3. The van der Waals surface area contributed by atoms with Crippen LogP contribution in [0.2, 0.25) is 0 Å². The molecule has 2 aromatic rings. The van der Waals surface area contributed by atoms with Crippen LogP contribution in [-0.4, -0.2) is 42.2 Å². The number of amides is 3. The standard InChI is InChI=1S/C21H18I2N2O5S/c1-3-30-16-9-12(8-15(23)19(16)29-2)10-17-20(27)25(21(28)31-17)11-18(26)24-14-6-4-13(22)5-7-14/h4-10H,3,11H2,1-2H3,(H,24,26)/b17-10+. The van der Waals surface area contributed by atoms with Gasteiger partial charge in [-0.3, -0.25) is 19.3 Å². The molecule has 0 bridgehead atoms. The lowest BCUT2D eigenvalue weighted by molar-refractivity contribution is -0.127. The summed E-state index contributed by atoms with van der Waals surface area (Å²) in [5, 5.41) is 2.21. The molecule has 7 nitrogen and oxygen atoms in total. The van der Waals surface area contributed by atoms with E-state index in [4.69, 9.17) is 9.47 Å². The largest absolute Gasteiger partial charge is 0.492 e.